The first-order valence-electron chi connectivity index (χ1n) is 9.83. The van der Waals surface area contributed by atoms with Crippen molar-refractivity contribution < 1.29 is 9.53 Å². The number of Topliss-reactive ketones (excluding diaryl/α,β-unsaturated/α-hetero) is 1. The number of carbonyl (C=O) groups excluding carboxylic acids is 1. The van der Waals surface area contributed by atoms with Crippen LogP contribution < -0.4 is 10.1 Å². The van der Waals surface area contributed by atoms with E-state index < -0.39 is 0 Å². The van der Waals surface area contributed by atoms with Crippen molar-refractivity contribution in [1.29, 1.82) is 0 Å². The normalized spacial score (nSPS) is 22.8. The van der Waals surface area contributed by atoms with Crippen LogP contribution in [0, 0.1) is 0 Å². The zero-order valence-electron chi connectivity index (χ0n) is 14.8. The van der Waals surface area contributed by atoms with Gasteiger partial charge in [-0.3, -0.25) is 4.79 Å². The maximum absolute atomic E-state index is 12.1. The lowest BCUT2D eigenvalue weighted by atomic mass is 9.98. The lowest BCUT2D eigenvalue weighted by molar-refractivity contribution is -0.120. The van der Waals surface area contributed by atoms with E-state index in [1.807, 2.05) is 0 Å². The maximum Gasteiger partial charge on any atom is 0.150 e. The van der Waals surface area contributed by atoms with E-state index >= 15 is 0 Å². The van der Waals surface area contributed by atoms with E-state index in [4.69, 9.17) is 4.74 Å². The van der Waals surface area contributed by atoms with E-state index in [1.54, 1.807) is 0 Å². The predicted octanol–water partition coefficient (Wildman–Crippen LogP) is 4.43. The molecule has 132 valence electrons. The first kappa shape index (κ1) is 17.5. The molecule has 24 heavy (non-hydrogen) atoms. The van der Waals surface area contributed by atoms with Gasteiger partial charge in [-0.25, -0.2) is 0 Å². The number of hydrogen-bond acceptors (Lipinski definition) is 3. The van der Waals surface area contributed by atoms with E-state index in [1.165, 1.54) is 50.5 Å². The quantitative estimate of drug-likeness (QED) is 0.839. The van der Waals surface area contributed by atoms with Crippen molar-refractivity contribution in [3.63, 3.8) is 0 Å². The van der Waals surface area contributed by atoms with Crippen LogP contribution in [0.15, 0.2) is 24.3 Å². The Kier molecular flexibility index (Phi) is 6.71. The molecule has 1 saturated heterocycles. The fraction of sp³-hybridized carbons (Fsp3) is 0.667. The zero-order chi connectivity index (χ0) is 16.6. The zero-order valence-corrected chi connectivity index (χ0v) is 14.8. The molecule has 1 aromatic rings. The SMILES string of the molecule is O=C(CCc1ccc(OC2CCCCCCC2)cc1)C1CCCN1. The summed E-state index contributed by atoms with van der Waals surface area (Å²) in [7, 11) is 0. The van der Waals surface area contributed by atoms with Crippen LogP contribution in [0.2, 0.25) is 0 Å². The molecule has 1 saturated carbocycles. The molecule has 2 aliphatic rings. The molecule has 1 aliphatic carbocycles. The van der Waals surface area contributed by atoms with Crippen LogP contribution in [0.4, 0.5) is 0 Å². The van der Waals surface area contributed by atoms with E-state index in [0.717, 1.165) is 31.6 Å². The van der Waals surface area contributed by atoms with Gasteiger partial charge in [-0.05, 0) is 69.2 Å². The molecular weight excluding hydrogens is 298 g/mol. The van der Waals surface area contributed by atoms with Gasteiger partial charge in [0.05, 0.1) is 12.1 Å². The van der Waals surface area contributed by atoms with Gasteiger partial charge >= 0.3 is 0 Å². The minimum absolute atomic E-state index is 0.104. The first-order valence-corrected chi connectivity index (χ1v) is 9.83. The molecule has 0 amide bonds. The van der Waals surface area contributed by atoms with Crippen LogP contribution in [0.25, 0.3) is 0 Å². The minimum Gasteiger partial charge on any atom is -0.490 e. The highest BCUT2D eigenvalue weighted by atomic mass is 16.5. The van der Waals surface area contributed by atoms with Crippen LogP contribution in [-0.4, -0.2) is 24.5 Å². The lowest BCUT2D eigenvalue weighted by Gasteiger charge is -2.21. The van der Waals surface area contributed by atoms with Gasteiger partial charge < -0.3 is 10.1 Å². The van der Waals surface area contributed by atoms with Crippen molar-refractivity contribution in [3.8, 4) is 5.75 Å². The largest absolute Gasteiger partial charge is 0.490 e. The topological polar surface area (TPSA) is 38.3 Å². The fourth-order valence-corrected chi connectivity index (χ4v) is 3.86. The molecule has 3 nitrogen and oxygen atoms in total. The van der Waals surface area contributed by atoms with Crippen LogP contribution in [0.3, 0.4) is 0 Å². The fourth-order valence-electron chi connectivity index (χ4n) is 3.86. The first-order chi connectivity index (χ1) is 11.8. The van der Waals surface area contributed by atoms with Crippen LogP contribution in [0.1, 0.15) is 69.8 Å². The summed E-state index contributed by atoms with van der Waals surface area (Å²) in [5.74, 6) is 1.34. The summed E-state index contributed by atoms with van der Waals surface area (Å²) in [6.45, 7) is 0.990. The Morgan fingerprint density at radius 2 is 1.67 bits per heavy atom. The second-order valence-corrected chi connectivity index (χ2v) is 7.34. The number of rotatable bonds is 6. The molecule has 0 radical (unpaired) electrons. The van der Waals surface area contributed by atoms with Crippen LogP contribution >= 0.6 is 0 Å². The molecule has 3 rings (SSSR count). The van der Waals surface area contributed by atoms with E-state index in [-0.39, 0.29) is 6.04 Å². The van der Waals surface area contributed by atoms with Gasteiger partial charge in [0, 0.05) is 6.42 Å². The Morgan fingerprint density at radius 1 is 0.958 bits per heavy atom. The van der Waals surface area contributed by atoms with Crippen molar-refractivity contribution in [2.24, 2.45) is 0 Å². The molecule has 0 bridgehead atoms. The molecule has 1 N–H and O–H groups in total. The number of ketones is 1. The number of carbonyl (C=O) groups is 1. The second-order valence-electron chi connectivity index (χ2n) is 7.34. The van der Waals surface area contributed by atoms with Crippen LogP contribution in [-0.2, 0) is 11.2 Å². The molecule has 0 spiro atoms. The van der Waals surface area contributed by atoms with Gasteiger partial charge in [0.25, 0.3) is 0 Å². The molecule has 0 aromatic heterocycles. The van der Waals surface area contributed by atoms with Crippen molar-refractivity contribution in [1.82, 2.24) is 5.32 Å². The number of ether oxygens (including phenoxy) is 1. The van der Waals surface area contributed by atoms with Gasteiger partial charge in [-0.2, -0.15) is 0 Å². The van der Waals surface area contributed by atoms with Crippen molar-refractivity contribution in [2.45, 2.75) is 82.8 Å². The summed E-state index contributed by atoms with van der Waals surface area (Å²) in [5, 5.41) is 3.29. The molecule has 3 heteroatoms. The van der Waals surface area contributed by atoms with E-state index in [2.05, 4.69) is 29.6 Å². The molecule has 1 aromatic carbocycles. The smallest absolute Gasteiger partial charge is 0.150 e. The average Bonchev–Trinajstić information content (AvgIpc) is 3.11. The second kappa shape index (κ2) is 9.22. The number of aryl methyl sites for hydroxylation is 1. The summed E-state index contributed by atoms with van der Waals surface area (Å²) in [5.41, 5.74) is 1.23. The van der Waals surface area contributed by atoms with Gasteiger partial charge in [0.15, 0.2) is 0 Å². The molecule has 1 unspecified atom stereocenters. The Balaban J connectivity index is 1.45. The summed E-state index contributed by atoms with van der Waals surface area (Å²) in [4.78, 5) is 12.1. The van der Waals surface area contributed by atoms with Gasteiger partial charge in [0.2, 0.25) is 0 Å². The highest BCUT2D eigenvalue weighted by Crippen LogP contribution is 2.23. The number of nitrogens with one attached hydrogen (secondary N) is 1. The third-order valence-corrected chi connectivity index (χ3v) is 5.39. The predicted molar refractivity (Wildman–Crippen MR) is 97.5 cm³/mol. The number of benzene rings is 1. The summed E-state index contributed by atoms with van der Waals surface area (Å²) in [6.07, 6.45) is 13.0. The Hall–Kier alpha value is -1.35. The third kappa shape index (κ3) is 5.34. The van der Waals surface area contributed by atoms with Crippen LogP contribution in [0.5, 0.6) is 5.75 Å². The van der Waals surface area contributed by atoms with Gasteiger partial charge in [-0.1, -0.05) is 31.4 Å². The molecule has 1 heterocycles. The highest BCUT2D eigenvalue weighted by Gasteiger charge is 2.21. The number of hydrogen-bond donors (Lipinski definition) is 1. The summed E-state index contributed by atoms with van der Waals surface area (Å²) in [6, 6.07) is 8.49. The lowest BCUT2D eigenvalue weighted by Crippen LogP contribution is -2.30. The maximum atomic E-state index is 12.1. The highest BCUT2D eigenvalue weighted by molar-refractivity contribution is 5.84. The monoisotopic (exact) mass is 329 g/mol. The Morgan fingerprint density at radius 3 is 2.33 bits per heavy atom. The molecule has 1 atom stereocenters. The minimum atomic E-state index is 0.104. The van der Waals surface area contributed by atoms with Crippen molar-refractivity contribution in [2.75, 3.05) is 6.54 Å². The third-order valence-electron chi connectivity index (χ3n) is 5.39. The average molecular weight is 329 g/mol. The molecule has 2 fully saturated rings. The summed E-state index contributed by atoms with van der Waals surface area (Å²) >= 11 is 0. The van der Waals surface area contributed by atoms with Gasteiger partial charge in [0.1, 0.15) is 11.5 Å². The van der Waals surface area contributed by atoms with E-state index in [0.29, 0.717) is 18.3 Å². The standard InChI is InChI=1S/C21H31NO2/c23-21(20-9-6-16-22-20)15-12-17-10-13-19(14-11-17)24-18-7-4-2-1-3-5-8-18/h10-11,13-14,18,20,22H,1-9,12,15-16H2. The van der Waals surface area contributed by atoms with Crippen molar-refractivity contribution in [3.05, 3.63) is 29.8 Å². The molecular formula is C21H31NO2. The van der Waals surface area contributed by atoms with E-state index in [9.17, 15) is 4.79 Å². The molecule has 1 aliphatic heterocycles. The Bertz CT molecular complexity index is 497. The van der Waals surface area contributed by atoms with Gasteiger partial charge in [-0.15, -0.1) is 0 Å². The summed E-state index contributed by atoms with van der Waals surface area (Å²) < 4.78 is 6.18. The Labute approximate surface area is 146 Å². The van der Waals surface area contributed by atoms with Crippen molar-refractivity contribution >= 4 is 5.78 Å².